The summed E-state index contributed by atoms with van der Waals surface area (Å²) in [5, 5.41) is 0. The van der Waals surface area contributed by atoms with Crippen molar-refractivity contribution in [3.63, 3.8) is 0 Å². The van der Waals surface area contributed by atoms with Crippen LogP contribution in [0.3, 0.4) is 0 Å². The average Bonchev–Trinajstić information content (AvgIpc) is 2.62. The van der Waals surface area contributed by atoms with Gasteiger partial charge in [-0.3, -0.25) is 0 Å². The van der Waals surface area contributed by atoms with Gasteiger partial charge in [-0.25, -0.2) is 9.47 Å². The second kappa shape index (κ2) is 9.84. The quantitative estimate of drug-likeness (QED) is 0.125. The van der Waals surface area contributed by atoms with Crippen molar-refractivity contribution in [3.05, 3.63) is 0 Å². The summed E-state index contributed by atoms with van der Waals surface area (Å²) in [6.45, 7) is 0. The van der Waals surface area contributed by atoms with E-state index < -0.39 is 76.0 Å². The van der Waals surface area contributed by atoms with E-state index >= 15 is 0 Å². The van der Waals surface area contributed by atoms with Crippen molar-refractivity contribution in [2.45, 2.75) is 65.9 Å². The second-order valence-corrected chi connectivity index (χ2v) is 8.10. The van der Waals surface area contributed by atoms with Crippen molar-refractivity contribution in [1.82, 2.24) is 0 Å². The van der Waals surface area contributed by atoms with Crippen LogP contribution in [-0.2, 0) is 23.8 Å². The van der Waals surface area contributed by atoms with Gasteiger partial charge in [-0.2, -0.15) is 118 Å². The molecule has 0 atom stereocenters. The van der Waals surface area contributed by atoms with E-state index in [9.17, 15) is 114 Å². The molecule has 0 rings (SSSR count). The number of hydrogen-bond donors (Lipinski definition) is 0. The van der Waals surface area contributed by atoms with Crippen molar-refractivity contribution in [3.8, 4) is 0 Å². The fourth-order valence-corrected chi connectivity index (χ4v) is 2.02. The maximum atomic E-state index is 13.3. The molecule has 0 aliphatic heterocycles. The van der Waals surface area contributed by atoms with Crippen LogP contribution >= 0.6 is 0 Å². The summed E-state index contributed by atoms with van der Waals surface area (Å²) in [5.41, 5.74) is -7.13. The van der Waals surface area contributed by atoms with Crippen molar-refractivity contribution >= 4 is 10.1 Å². The van der Waals surface area contributed by atoms with Crippen LogP contribution in [0.1, 0.15) is 0 Å². The normalized spacial score (nSPS) is 16.8. The maximum Gasteiger partial charge on any atom is 0.523 e. The summed E-state index contributed by atoms with van der Waals surface area (Å²) in [6.07, 6.45) is -48.9. The molecule has 0 saturated carbocycles. The molecular formula is C11F24O5S. The Morgan fingerprint density at radius 3 is 0.902 bits per heavy atom. The molecule has 0 aromatic heterocycles. The minimum Gasteiger partial charge on any atom is -0.243 e. The predicted octanol–water partition coefficient (Wildman–Crippen LogP) is 6.95. The number of alkyl halides is 24. The van der Waals surface area contributed by atoms with Gasteiger partial charge in [0.15, 0.2) is 0 Å². The van der Waals surface area contributed by atoms with Gasteiger partial charge in [0.2, 0.25) is 0 Å². The molecule has 0 aromatic rings. The molecule has 0 heterocycles. The van der Waals surface area contributed by atoms with Crippen LogP contribution in [0.25, 0.3) is 0 Å². The van der Waals surface area contributed by atoms with Gasteiger partial charge < -0.3 is 0 Å². The lowest BCUT2D eigenvalue weighted by Gasteiger charge is -2.40. The third kappa shape index (κ3) is 6.42. The van der Waals surface area contributed by atoms with E-state index in [1.165, 1.54) is 4.18 Å². The van der Waals surface area contributed by atoms with Gasteiger partial charge in [0, 0.05) is 0 Å². The minimum absolute atomic E-state index is 0.900. The van der Waals surface area contributed by atoms with Crippen LogP contribution in [-0.4, -0.2) is 74.3 Å². The molecule has 0 saturated heterocycles. The van der Waals surface area contributed by atoms with Gasteiger partial charge in [-0.1, -0.05) is 0 Å². The molecule has 0 unspecified atom stereocenters. The molecule has 30 heteroatoms. The maximum absolute atomic E-state index is 13.3. The standard InChI is InChI=1S/C11F24O5S/c12-1(13,3(16,17)5(20,21)22)2(14,15)4(18,19)6(23,24)38-7(25,26)8(27,28)39-9(29,30)10(31,32)40-41(36,37)11(33,34)35. The first-order chi connectivity index (χ1) is 17.1. The molecule has 41 heavy (non-hydrogen) atoms. The highest BCUT2D eigenvalue weighted by Gasteiger charge is 2.92. The summed E-state index contributed by atoms with van der Waals surface area (Å²) in [5.74, 6) is -35.2. The Bertz CT molecular complexity index is 1050. The van der Waals surface area contributed by atoms with E-state index in [1.807, 2.05) is 0 Å². The smallest absolute Gasteiger partial charge is 0.243 e. The number of hydrogen-bond acceptors (Lipinski definition) is 5. The molecular weight excluding hydrogens is 700 g/mol. The number of halogens is 24. The lowest BCUT2D eigenvalue weighted by molar-refractivity contribution is -0.558. The van der Waals surface area contributed by atoms with Crippen LogP contribution in [0.2, 0.25) is 0 Å². The Hall–Kier alpha value is -1.85. The third-order valence-electron chi connectivity index (χ3n) is 3.59. The van der Waals surface area contributed by atoms with Crippen LogP contribution in [0.4, 0.5) is 105 Å². The zero-order valence-electron chi connectivity index (χ0n) is 17.0. The number of rotatable bonds is 12. The van der Waals surface area contributed by atoms with E-state index in [0.29, 0.717) is 0 Å². The molecule has 0 aromatic carbocycles. The van der Waals surface area contributed by atoms with Crippen LogP contribution in [0.5, 0.6) is 0 Å². The van der Waals surface area contributed by atoms with Crippen molar-refractivity contribution in [2.24, 2.45) is 0 Å². The van der Waals surface area contributed by atoms with E-state index in [-0.39, 0.29) is 0 Å². The van der Waals surface area contributed by atoms with Crippen molar-refractivity contribution in [1.29, 1.82) is 0 Å². The molecule has 0 spiro atoms. The Morgan fingerprint density at radius 2 is 0.610 bits per heavy atom. The summed E-state index contributed by atoms with van der Waals surface area (Å²) in [6, 6.07) is 0. The molecule has 0 radical (unpaired) electrons. The molecule has 0 amide bonds. The Balaban J connectivity index is 6.53. The summed E-state index contributed by atoms with van der Waals surface area (Å²) >= 11 is 0. The largest absolute Gasteiger partial charge is 0.523 e. The van der Waals surface area contributed by atoms with Crippen molar-refractivity contribution in [2.75, 3.05) is 0 Å². The summed E-state index contributed by atoms with van der Waals surface area (Å²) in [7, 11) is -8.02. The van der Waals surface area contributed by atoms with Crippen LogP contribution in [0.15, 0.2) is 0 Å². The molecule has 5 nitrogen and oxygen atoms in total. The van der Waals surface area contributed by atoms with E-state index in [0.717, 1.165) is 9.47 Å². The van der Waals surface area contributed by atoms with Gasteiger partial charge in [-0.15, -0.1) is 0 Å². The third-order valence-corrected chi connectivity index (χ3v) is 4.59. The van der Waals surface area contributed by atoms with Gasteiger partial charge in [0.1, 0.15) is 0 Å². The summed E-state index contributed by atoms with van der Waals surface area (Å²) in [4.78, 5) is 0. The highest BCUT2D eigenvalue weighted by molar-refractivity contribution is 7.87. The minimum atomic E-state index is -8.98. The Labute approximate surface area is 205 Å². The van der Waals surface area contributed by atoms with Gasteiger partial charge in [-0.05, 0) is 0 Å². The SMILES string of the molecule is O=S(=O)(OC(F)(F)C(F)(F)OC(F)(F)C(F)(F)OC(F)(F)C(F)(F)C(F)(F)C(F)(F)C(F)(F)C(F)(F)F)C(F)(F)F. The molecule has 0 N–H and O–H groups in total. The van der Waals surface area contributed by atoms with Gasteiger partial charge in [0.05, 0.1) is 0 Å². The van der Waals surface area contributed by atoms with Gasteiger partial charge >= 0.3 is 76.0 Å². The number of ether oxygens (including phenoxy) is 2. The summed E-state index contributed by atoms with van der Waals surface area (Å²) < 4.78 is 330. The lowest BCUT2D eigenvalue weighted by atomic mass is 9.97. The monoisotopic (exact) mass is 700 g/mol. The highest BCUT2D eigenvalue weighted by atomic mass is 32.2. The fourth-order valence-electron chi connectivity index (χ4n) is 1.55. The van der Waals surface area contributed by atoms with E-state index in [1.54, 1.807) is 0 Å². The average molecular weight is 700 g/mol. The first kappa shape index (κ1) is 39.1. The fraction of sp³-hybridized carbons (Fsp3) is 1.00. The molecule has 0 fully saturated rings. The topological polar surface area (TPSA) is 61.8 Å². The van der Waals surface area contributed by atoms with Gasteiger partial charge in [0.25, 0.3) is 0 Å². The first-order valence-corrected chi connectivity index (χ1v) is 9.42. The zero-order chi connectivity index (χ0) is 34.1. The Kier molecular flexibility index (Phi) is 9.40. The zero-order valence-corrected chi connectivity index (χ0v) is 17.8. The second-order valence-electron chi connectivity index (χ2n) is 6.57. The van der Waals surface area contributed by atoms with E-state index in [2.05, 4.69) is 0 Å². The lowest BCUT2D eigenvalue weighted by Crippen LogP contribution is -2.71. The molecule has 0 bridgehead atoms. The van der Waals surface area contributed by atoms with Crippen LogP contribution < -0.4 is 0 Å². The highest BCUT2D eigenvalue weighted by Crippen LogP contribution is 2.61. The first-order valence-electron chi connectivity index (χ1n) is 8.01. The molecule has 0 aliphatic carbocycles. The van der Waals surface area contributed by atoms with E-state index in [4.69, 9.17) is 0 Å². The molecule has 248 valence electrons. The Morgan fingerprint density at radius 1 is 0.341 bits per heavy atom. The van der Waals surface area contributed by atoms with Crippen LogP contribution in [0, 0.1) is 0 Å². The predicted molar refractivity (Wildman–Crippen MR) is 68.8 cm³/mol. The molecule has 0 aliphatic rings. The van der Waals surface area contributed by atoms with Crippen molar-refractivity contribution < 1.29 is 127 Å².